The fraction of sp³-hybridized carbons (Fsp3) is 0.533. The molecule has 1 fully saturated rings. The summed E-state index contributed by atoms with van der Waals surface area (Å²) < 4.78 is 5.20. The number of carboxylic acid groups (broad SMARTS) is 1. The van der Waals surface area contributed by atoms with E-state index in [1.54, 1.807) is 7.11 Å². The van der Waals surface area contributed by atoms with Gasteiger partial charge in [0.1, 0.15) is 5.75 Å². The standard InChI is InChI=1S/C15H21NO3/c1-19-14-6-2-4-12(10-14)5-3-8-16-9-7-13(11-16)15(17)18/h2,4,6,10,13H,3,5,7-9,11H2,1H3,(H,17,18). The maximum Gasteiger partial charge on any atom is 0.307 e. The summed E-state index contributed by atoms with van der Waals surface area (Å²) in [4.78, 5) is 13.1. The van der Waals surface area contributed by atoms with Crippen LogP contribution in [0, 0.1) is 5.92 Å². The average Bonchev–Trinajstić information content (AvgIpc) is 2.88. The van der Waals surface area contributed by atoms with Crippen molar-refractivity contribution in [3.63, 3.8) is 0 Å². The first-order chi connectivity index (χ1) is 9.19. The molecule has 1 N–H and O–H groups in total. The van der Waals surface area contributed by atoms with Gasteiger partial charge in [-0.1, -0.05) is 12.1 Å². The molecule has 19 heavy (non-hydrogen) atoms. The lowest BCUT2D eigenvalue weighted by atomic mass is 10.1. The number of nitrogens with zero attached hydrogens (tertiary/aromatic N) is 1. The number of hydrogen-bond acceptors (Lipinski definition) is 3. The number of aryl methyl sites for hydroxylation is 1. The summed E-state index contributed by atoms with van der Waals surface area (Å²) in [6.07, 6.45) is 2.85. The van der Waals surface area contributed by atoms with Gasteiger partial charge in [0.15, 0.2) is 0 Å². The Hall–Kier alpha value is -1.55. The zero-order valence-corrected chi connectivity index (χ0v) is 11.3. The van der Waals surface area contributed by atoms with Crippen LogP contribution in [-0.2, 0) is 11.2 Å². The van der Waals surface area contributed by atoms with Gasteiger partial charge in [-0.3, -0.25) is 4.79 Å². The number of carboxylic acids is 1. The van der Waals surface area contributed by atoms with E-state index in [9.17, 15) is 4.79 Å². The number of rotatable bonds is 6. The van der Waals surface area contributed by atoms with Crippen LogP contribution in [0.3, 0.4) is 0 Å². The molecule has 1 aliphatic heterocycles. The van der Waals surface area contributed by atoms with Crippen LogP contribution >= 0.6 is 0 Å². The van der Waals surface area contributed by atoms with Crippen molar-refractivity contribution >= 4 is 5.97 Å². The predicted molar refractivity (Wildman–Crippen MR) is 73.5 cm³/mol. The summed E-state index contributed by atoms with van der Waals surface area (Å²) in [6, 6.07) is 8.11. The van der Waals surface area contributed by atoms with Gasteiger partial charge in [0.2, 0.25) is 0 Å². The molecule has 1 saturated heterocycles. The fourth-order valence-corrected chi connectivity index (χ4v) is 2.57. The van der Waals surface area contributed by atoms with Crippen LogP contribution < -0.4 is 4.74 Å². The molecule has 1 unspecified atom stereocenters. The minimum atomic E-state index is -0.657. The molecular weight excluding hydrogens is 242 g/mol. The molecule has 2 rings (SSSR count). The first kappa shape index (κ1) is 13.9. The van der Waals surface area contributed by atoms with Gasteiger partial charge in [0.05, 0.1) is 13.0 Å². The molecule has 0 aliphatic carbocycles. The van der Waals surface area contributed by atoms with Crippen molar-refractivity contribution in [1.82, 2.24) is 4.90 Å². The molecule has 0 amide bonds. The lowest BCUT2D eigenvalue weighted by Crippen LogP contribution is -2.24. The van der Waals surface area contributed by atoms with Crippen molar-refractivity contribution < 1.29 is 14.6 Å². The molecule has 1 aliphatic rings. The molecule has 104 valence electrons. The number of ether oxygens (including phenoxy) is 1. The Morgan fingerprint density at radius 2 is 2.37 bits per heavy atom. The Morgan fingerprint density at radius 1 is 1.53 bits per heavy atom. The molecule has 0 saturated carbocycles. The van der Waals surface area contributed by atoms with Gasteiger partial charge in [0, 0.05) is 6.54 Å². The quantitative estimate of drug-likeness (QED) is 0.853. The highest BCUT2D eigenvalue weighted by molar-refractivity contribution is 5.70. The van der Waals surface area contributed by atoms with Crippen LogP contribution in [0.25, 0.3) is 0 Å². The minimum Gasteiger partial charge on any atom is -0.497 e. The van der Waals surface area contributed by atoms with E-state index < -0.39 is 5.97 Å². The van der Waals surface area contributed by atoms with Crippen LogP contribution in [0.2, 0.25) is 0 Å². The fourth-order valence-electron chi connectivity index (χ4n) is 2.57. The molecule has 0 radical (unpaired) electrons. The molecule has 1 aromatic carbocycles. The summed E-state index contributed by atoms with van der Waals surface area (Å²) in [5, 5.41) is 8.95. The van der Waals surface area contributed by atoms with Gasteiger partial charge in [-0.2, -0.15) is 0 Å². The van der Waals surface area contributed by atoms with Crippen LogP contribution in [-0.4, -0.2) is 42.7 Å². The number of hydrogen-bond donors (Lipinski definition) is 1. The number of likely N-dealkylation sites (tertiary alicyclic amines) is 1. The van der Waals surface area contributed by atoms with Crippen molar-refractivity contribution in [3.05, 3.63) is 29.8 Å². The monoisotopic (exact) mass is 263 g/mol. The topological polar surface area (TPSA) is 49.8 Å². The predicted octanol–water partition coefficient (Wildman–Crippen LogP) is 2.03. The Balaban J connectivity index is 1.73. The van der Waals surface area contributed by atoms with Gasteiger partial charge in [0.25, 0.3) is 0 Å². The van der Waals surface area contributed by atoms with Crippen molar-refractivity contribution in [1.29, 1.82) is 0 Å². The lowest BCUT2D eigenvalue weighted by molar-refractivity contribution is -0.141. The van der Waals surface area contributed by atoms with Gasteiger partial charge >= 0.3 is 5.97 Å². The highest BCUT2D eigenvalue weighted by Gasteiger charge is 2.27. The lowest BCUT2D eigenvalue weighted by Gasteiger charge is -2.14. The Kier molecular flexibility index (Phi) is 4.80. The van der Waals surface area contributed by atoms with Crippen molar-refractivity contribution in [2.75, 3.05) is 26.7 Å². The second-order valence-electron chi connectivity index (χ2n) is 5.08. The van der Waals surface area contributed by atoms with Gasteiger partial charge in [-0.05, 0) is 50.0 Å². The second kappa shape index (κ2) is 6.57. The third kappa shape index (κ3) is 3.96. The maximum atomic E-state index is 10.9. The van der Waals surface area contributed by atoms with Crippen molar-refractivity contribution in [3.8, 4) is 5.75 Å². The van der Waals surface area contributed by atoms with Crippen molar-refractivity contribution in [2.24, 2.45) is 5.92 Å². The molecule has 0 aromatic heterocycles. The molecule has 4 nitrogen and oxygen atoms in total. The highest BCUT2D eigenvalue weighted by Crippen LogP contribution is 2.18. The van der Waals surface area contributed by atoms with E-state index in [1.807, 2.05) is 12.1 Å². The smallest absolute Gasteiger partial charge is 0.307 e. The Bertz CT molecular complexity index is 433. The third-order valence-electron chi connectivity index (χ3n) is 3.70. The zero-order chi connectivity index (χ0) is 13.7. The molecule has 1 heterocycles. The molecule has 4 heteroatoms. The summed E-state index contributed by atoms with van der Waals surface area (Å²) in [7, 11) is 1.68. The van der Waals surface area contributed by atoms with E-state index >= 15 is 0 Å². The largest absolute Gasteiger partial charge is 0.497 e. The molecule has 1 atom stereocenters. The van der Waals surface area contributed by atoms with Crippen LogP contribution in [0.4, 0.5) is 0 Å². The van der Waals surface area contributed by atoms with E-state index in [0.29, 0.717) is 6.54 Å². The summed E-state index contributed by atoms with van der Waals surface area (Å²) in [6.45, 7) is 2.59. The van der Waals surface area contributed by atoms with Crippen LogP contribution in [0.1, 0.15) is 18.4 Å². The SMILES string of the molecule is COc1cccc(CCCN2CCC(C(=O)O)C2)c1. The Labute approximate surface area is 114 Å². The Morgan fingerprint density at radius 3 is 3.05 bits per heavy atom. The summed E-state index contributed by atoms with van der Waals surface area (Å²) in [5.41, 5.74) is 1.27. The van der Waals surface area contributed by atoms with Crippen molar-refractivity contribution in [2.45, 2.75) is 19.3 Å². The van der Waals surface area contributed by atoms with Crippen LogP contribution in [0.15, 0.2) is 24.3 Å². The van der Waals surface area contributed by atoms with E-state index in [2.05, 4.69) is 17.0 Å². The first-order valence-corrected chi connectivity index (χ1v) is 6.77. The van der Waals surface area contributed by atoms with Gasteiger partial charge < -0.3 is 14.7 Å². The molecular formula is C15H21NO3. The summed E-state index contributed by atoms with van der Waals surface area (Å²) >= 11 is 0. The molecule has 1 aromatic rings. The van der Waals surface area contributed by atoms with E-state index in [0.717, 1.165) is 38.1 Å². The number of methoxy groups -OCH3 is 1. The molecule has 0 spiro atoms. The van der Waals surface area contributed by atoms with Gasteiger partial charge in [-0.25, -0.2) is 0 Å². The zero-order valence-electron chi connectivity index (χ0n) is 11.3. The highest BCUT2D eigenvalue weighted by atomic mass is 16.5. The van der Waals surface area contributed by atoms with Gasteiger partial charge in [-0.15, -0.1) is 0 Å². The van der Waals surface area contributed by atoms with Crippen LogP contribution in [0.5, 0.6) is 5.75 Å². The minimum absolute atomic E-state index is 0.170. The van der Waals surface area contributed by atoms with E-state index in [-0.39, 0.29) is 5.92 Å². The normalized spacial score (nSPS) is 19.5. The molecule has 0 bridgehead atoms. The summed E-state index contributed by atoms with van der Waals surface area (Å²) in [5.74, 6) is 0.0664. The van der Waals surface area contributed by atoms with E-state index in [1.165, 1.54) is 5.56 Å². The maximum absolute atomic E-state index is 10.9. The third-order valence-corrected chi connectivity index (χ3v) is 3.70. The number of aliphatic carboxylic acids is 1. The second-order valence-corrected chi connectivity index (χ2v) is 5.08. The van der Waals surface area contributed by atoms with E-state index in [4.69, 9.17) is 9.84 Å². The number of carbonyl (C=O) groups is 1. The first-order valence-electron chi connectivity index (χ1n) is 6.77. The average molecular weight is 263 g/mol. The number of benzene rings is 1.